The van der Waals surface area contributed by atoms with Crippen LogP contribution in [0.4, 0.5) is 9.18 Å². The second-order valence-electron chi connectivity index (χ2n) is 6.08. The van der Waals surface area contributed by atoms with Gasteiger partial charge in [0, 0.05) is 13.2 Å². The summed E-state index contributed by atoms with van der Waals surface area (Å²) in [6.07, 6.45) is 1.72. The number of carbonyl (C=O) groups is 1. The van der Waals surface area contributed by atoms with Gasteiger partial charge in [-0.25, -0.2) is 4.79 Å². The van der Waals surface area contributed by atoms with Gasteiger partial charge in [0.2, 0.25) is 0 Å². The van der Waals surface area contributed by atoms with Crippen molar-refractivity contribution in [3.05, 3.63) is 0 Å². The highest BCUT2D eigenvalue weighted by atomic mass is 19.1. The van der Waals surface area contributed by atoms with Gasteiger partial charge in [-0.05, 0) is 40.0 Å². The Labute approximate surface area is 115 Å². The Morgan fingerprint density at radius 1 is 1.42 bits per heavy atom. The van der Waals surface area contributed by atoms with Crippen LogP contribution in [-0.2, 0) is 9.47 Å². The molecule has 0 aromatic carbocycles. The summed E-state index contributed by atoms with van der Waals surface area (Å²) in [6.45, 7) is 8.81. The van der Waals surface area contributed by atoms with Crippen LogP contribution in [0.25, 0.3) is 0 Å². The maximum Gasteiger partial charge on any atom is 0.410 e. The SMILES string of the molecule is CCC1(OCCCF)CCN(C(=O)OC(C)(C)C)C1. The fraction of sp³-hybridized carbons (Fsp3) is 0.929. The summed E-state index contributed by atoms with van der Waals surface area (Å²) in [5, 5.41) is 0. The molecule has 1 aliphatic rings. The highest BCUT2D eigenvalue weighted by Gasteiger charge is 2.40. The van der Waals surface area contributed by atoms with E-state index in [1.807, 2.05) is 27.7 Å². The monoisotopic (exact) mass is 275 g/mol. The minimum Gasteiger partial charge on any atom is -0.444 e. The maximum absolute atomic E-state index is 12.1. The first kappa shape index (κ1) is 16.2. The summed E-state index contributed by atoms with van der Waals surface area (Å²) >= 11 is 0. The number of amides is 1. The van der Waals surface area contributed by atoms with Crippen molar-refractivity contribution in [1.29, 1.82) is 0 Å². The van der Waals surface area contributed by atoms with Gasteiger partial charge >= 0.3 is 6.09 Å². The topological polar surface area (TPSA) is 38.8 Å². The maximum atomic E-state index is 12.1. The minimum absolute atomic E-state index is 0.295. The van der Waals surface area contributed by atoms with Crippen LogP contribution in [0.3, 0.4) is 0 Å². The van der Waals surface area contributed by atoms with Crippen LogP contribution in [-0.4, -0.2) is 48.6 Å². The van der Waals surface area contributed by atoms with Crippen LogP contribution >= 0.6 is 0 Å². The van der Waals surface area contributed by atoms with Crippen LogP contribution in [0.1, 0.15) is 47.0 Å². The predicted molar refractivity (Wildman–Crippen MR) is 72.0 cm³/mol. The Morgan fingerprint density at radius 2 is 2.11 bits per heavy atom. The first-order chi connectivity index (χ1) is 8.82. The number of alkyl halides is 1. The average Bonchev–Trinajstić information content (AvgIpc) is 2.73. The molecule has 0 aromatic rings. The Bertz CT molecular complexity index is 304. The van der Waals surface area contributed by atoms with Gasteiger partial charge in [0.1, 0.15) is 5.60 Å². The highest BCUT2D eigenvalue weighted by molar-refractivity contribution is 5.68. The van der Waals surface area contributed by atoms with Crippen LogP contribution in [0.5, 0.6) is 0 Å². The van der Waals surface area contributed by atoms with Gasteiger partial charge in [0.05, 0.1) is 18.8 Å². The van der Waals surface area contributed by atoms with Crippen molar-refractivity contribution in [3.8, 4) is 0 Å². The first-order valence-corrected chi connectivity index (χ1v) is 7.00. The molecule has 1 aliphatic heterocycles. The fourth-order valence-corrected chi connectivity index (χ4v) is 2.18. The smallest absolute Gasteiger partial charge is 0.410 e. The van der Waals surface area contributed by atoms with E-state index < -0.39 is 5.60 Å². The van der Waals surface area contributed by atoms with Crippen molar-refractivity contribution in [2.24, 2.45) is 0 Å². The molecule has 0 aliphatic carbocycles. The molecule has 5 heteroatoms. The Morgan fingerprint density at radius 3 is 2.63 bits per heavy atom. The Kier molecular flexibility index (Phi) is 5.59. The van der Waals surface area contributed by atoms with Crippen LogP contribution < -0.4 is 0 Å². The van der Waals surface area contributed by atoms with Gasteiger partial charge < -0.3 is 14.4 Å². The summed E-state index contributed by atoms with van der Waals surface area (Å²) in [5.74, 6) is 0. The lowest BCUT2D eigenvalue weighted by molar-refractivity contribution is -0.0445. The lowest BCUT2D eigenvalue weighted by Crippen LogP contribution is -2.40. The van der Waals surface area contributed by atoms with Crippen molar-refractivity contribution < 1.29 is 18.7 Å². The molecular weight excluding hydrogens is 249 g/mol. The molecule has 1 rings (SSSR count). The molecular formula is C14H26FNO3. The highest BCUT2D eigenvalue weighted by Crippen LogP contribution is 2.30. The lowest BCUT2D eigenvalue weighted by Gasteiger charge is -2.29. The van der Waals surface area contributed by atoms with E-state index in [-0.39, 0.29) is 18.4 Å². The van der Waals surface area contributed by atoms with Gasteiger partial charge in [-0.3, -0.25) is 4.39 Å². The molecule has 1 fully saturated rings. The molecule has 19 heavy (non-hydrogen) atoms. The molecule has 1 heterocycles. The molecule has 0 radical (unpaired) electrons. The summed E-state index contributed by atoms with van der Waals surface area (Å²) < 4.78 is 23.3. The molecule has 0 aromatic heterocycles. The minimum atomic E-state index is -0.483. The van der Waals surface area contributed by atoms with E-state index >= 15 is 0 Å². The number of ether oxygens (including phenoxy) is 2. The third-order valence-electron chi connectivity index (χ3n) is 3.30. The zero-order valence-corrected chi connectivity index (χ0v) is 12.5. The van der Waals surface area contributed by atoms with E-state index in [1.165, 1.54) is 0 Å². The quantitative estimate of drug-likeness (QED) is 0.723. The van der Waals surface area contributed by atoms with E-state index in [0.29, 0.717) is 26.1 Å². The van der Waals surface area contributed by atoms with Crippen molar-refractivity contribution in [3.63, 3.8) is 0 Å². The van der Waals surface area contributed by atoms with E-state index in [4.69, 9.17) is 9.47 Å². The third kappa shape index (κ3) is 4.97. The molecule has 1 amide bonds. The number of nitrogens with zero attached hydrogens (tertiary/aromatic N) is 1. The zero-order valence-electron chi connectivity index (χ0n) is 12.5. The predicted octanol–water partition coefficient (Wildman–Crippen LogP) is 3.15. The van der Waals surface area contributed by atoms with Gasteiger partial charge in [0.15, 0.2) is 0 Å². The summed E-state index contributed by atoms with van der Waals surface area (Å²) in [7, 11) is 0. The largest absolute Gasteiger partial charge is 0.444 e. The van der Waals surface area contributed by atoms with E-state index in [9.17, 15) is 9.18 Å². The van der Waals surface area contributed by atoms with E-state index in [0.717, 1.165) is 12.8 Å². The normalized spacial score (nSPS) is 23.7. The number of halogens is 1. The molecule has 0 N–H and O–H groups in total. The van der Waals surface area contributed by atoms with Crippen molar-refractivity contribution in [2.45, 2.75) is 58.2 Å². The molecule has 112 valence electrons. The van der Waals surface area contributed by atoms with Crippen LogP contribution in [0, 0.1) is 0 Å². The molecule has 4 nitrogen and oxygen atoms in total. The Hall–Kier alpha value is -0.840. The van der Waals surface area contributed by atoms with Gasteiger partial charge in [-0.1, -0.05) is 6.92 Å². The molecule has 1 saturated heterocycles. The first-order valence-electron chi connectivity index (χ1n) is 7.00. The molecule has 0 spiro atoms. The number of likely N-dealkylation sites (tertiary alicyclic amines) is 1. The Balaban J connectivity index is 2.52. The summed E-state index contributed by atoms with van der Waals surface area (Å²) in [5.41, 5.74) is -0.810. The molecule has 1 unspecified atom stereocenters. The second kappa shape index (κ2) is 6.55. The number of carbonyl (C=O) groups excluding carboxylic acids is 1. The average molecular weight is 275 g/mol. The lowest BCUT2D eigenvalue weighted by atomic mass is 10.00. The standard InChI is InChI=1S/C14H26FNO3/c1-5-14(18-10-6-8-15)7-9-16(11-14)12(17)19-13(2,3)4/h5-11H2,1-4H3. The van der Waals surface area contributed by atoms with Gasteiger partial charge in [0.25, 0.3) is 0 Å². The molecule has 0 bridgehead atoms. The number of hydrogen-bond acceptors (Lipinski definition) is 3. The third-order valence-corrected chi connectivity index (χ3v) is 3.30. The van der Waals surface area contributed by atoms with Crippen LogP contribution in [0.15, 0.2) is 0 Å². The summed E-state index contributed by atoms with van der Waals surface area (Å²) in [4.78, 5) is 13.7. The van der Waals surface area contributed by atoms with Crippen LogP contribution in [0.2, 0.25) is 0 Å². The van der Waals surface area contributed by atoms with Gasteiger partial charge in [-0.15, -0.1) is 0 Å². The van der Waals surface area contributed by atoms with Crippen molar-refractivity contribution >= 4 is 6.09 Å². The zero-order chi connectivity index (χ0) is 14.5. The van der Waals surface area contributed by atoms with Crippen molar-refractivity contribution in [1.82, 2.24) is 4.90 Å². The van der Waals surface area contributed by atoms with E-state index in [2.05, 4.69) is 0 Å². The summed E-state index contributed by atoms with van der Waals surface area (Å²) in [6, 6.07) is 0. The van der Waals surface area contributed by atoms with Gasteiger partial charge in [-0.2, -0.15) is 0 Å². The van der Waals surface area contributed by atoms with E-state index in [1.54, 1.807) is 4.90 Å². The number of hydrogen-bond donors (Lipinski definition) is 0. The molecule has 1 atom stereocenters. The fourth-order valence-electron chi connectivity index (χ4n) is 2.18. The second-order valence-corrected chi connectivity index (χ2v) is 6.08. The number of rotatable bonds is 5. The van der Waals surface area contributed by atoms with Crippen molar-refractivity contribution in [2.75, 3.05) is 26.4 Å². The molecule has 0 saturated carbocycles.